The summed E-state index contributed by atoms with van der Waals surface area (Å²) in [7, 11) is 0. The molecule has 0 saturated carbocycles. The summed E-state index contributed by atoms with van der Waals surface area (Å²) in [6, 6.07) is 16.0. The van der Waals surface area contributed by atoms with Crippen molar-refractivity contribution in [3.63, 3.8) is 0 Å². The minimum absolute atomic E-state index is 0. The molecule has 22 heavy (non-hydrogen) atoms. The first kappa shape index (κ1) is 16.3. The first-order valence-corrected chi connectivity index (χ1v) is 7.13. The van der Waals surface area contributed by atoms with Crippen molar-refractivity contribution in [2.75, 3.05) is 11.9 Å². The van der Waals surface area contributed by atoms with Crippen LogP contribution in [0.25, 0.3) is 5.65 Å². The zero-order valence-electron chi connectivity index (χ0n) is 12.5. The molecule has 1 atom stereocenters. The van der Waals surface area contributed by atoms with E-state index in [1.807, 2.05) is 47.0 Å². The van der Waals surface area contributed by atoms with Crippen LogP contribution in [0, 0.1) is 5.92 Å². The van der Waals surface area contributed by atoms with Crippen molar-refractivity contribution in [1.29, 1.82) is 0 Å². The molecule has 0 unspecified atom stereocenters. The molecule has 0 bridgehead atoms. The number of benzene rings is 1. The normalized spacial score (nSPS) is 11.9. The van der Waals surface area contributed by atoms with Crippen LogP contribution in [0.15, 0.2) is 48.5 Å². The lowest BCUT2D eigenvalue weighted by atomic mass is 10.1. The van der Waals surface area contributed by atoms with Crippen LogP contribution in [0.5, 0.6) is 0 Å². The molecular formula is C16H21N5S. The summed E-state index contributed by atoms with van der Waals surface area (Å²) in [5, 5.41) is 7.77. The zero-order chi connectivity index (χ0) is 14.7. The Morgan fingerprint density at radius 3 is 2.64 bits per heavy atom. The Labute approximate surface area is 137 Å². The minimum Gasteiger partial charge on any atom is -0.330 e. The van der Waals surface area contributed by atoms with Gasteiger partial charge in [-0.25, -0.2) is 4.52 Å². The highest BCUT2D eigenvalue weighted by molar-refractivity contribution is 7.59. The number of nitrogens with zero attached hydrogens (tertiary/aromatic N) is 3. The monoisotopic (exact) mass is 315 g/mol. The molecule has 0 aliphatic rings. The first-order chi connectivity index (χ1) is 10.3. The predicted octanol–water partition coefficient (Wildman–Crippen LogP) is 2.72. The number of anilines is 2. The molecule has 0 aliphatic heterocycles. The van der Waals surface area contributed by atoms with Crippen LogP contribution >= 0.6 is 13.5 Å². The van der Waals surface area contributed by atoms with Crippen LogP contribution in [0.3, 0.4) is 0 Å². The second-order valence-electron chi connectivity index (χ2n) is 5.26. The van der Waals surface area contributed by atoms with Crippen LogP contribution in [0.1, 0.15) is 12.6 Å². The Morgan fingerprint density at radius 1 is 1.14 bits per heavy atom. The Bertz CT molecular complexity index is 726. The lowest BCUT2D eigenvalue weighted by Gasteiger charge is -2.08. The molecule has 3 N–H and O–H groups in total. The van der Waals surface area contributed by atoms with Gasteiger partial charge in [0.25, 0.3) is 0 Å². The van der Waals surface area contributed by atoms with Crippen LogP contribution in [0.2, 0.25) is 0 Å². The number of fused-ring (bicyclic) bond motifs is 1. The van der Waals surface area contributed by atoms with Gasteiger partial charge in [-0.3, -0.25) is 0 Å². The standard InChI is InChI=1S/C16H19N5.H2S/c1-12(11-17)10-14-8-5-9-15-19-16(20-21(14)15)18-13-6-3-2-4-7-13;/h2-9,12H,10-11,17H2,1H3,(H,18,20);1H2/t12-;/m0./s1. The molecule has 0 radical (unpaired) electrons. The summed E-state index contributed by atoms with van der Waals surface area (Å²) >= 11 is 0. The van der Waals surface area contributed by atoms with Gasteiger partial charge in [0.1, 0.15) is 0 Å². The van der Waals surface area contributed by atoms with Crippen LogP contribution in [0.4, 0.5) is 11.6 Å². The summed E-state index contributed by atoms with van der Waals surface area (Å²) in [5.74, 6) is 1.03. The largest absolute Gasteiger partial charge is 0.330 e. The molecule has 2 heterocycles. The van der Waals surface area contributed by atoms with E-state index in [4.69, 9.17) is 5.73 Å². The highest BCUT2D eigenvalue weighted by Crippen LogP contribution is 2.16. The smallest absolute Gasteiger partial charge is 0.247 e. The topological polar surface area (TPSA) is 68.2 Å². The van der Waals surface area contributed by atoms with Crippen molar-refractivity contribution in [3.05, 3.63) is 54.2 Å². The Hall–Kier alpha value is -2.05. The van der Waals surface area contributed by atoms with E-state index in [1.165, 1.54) is 0 Å². The van der Waals surface area contributed by atoms with Gasteiger partial charge >= 0.3 is 0 Å². The highest BCUT2D eigenvalue weighted by Gasteiger charge is 2.09. The van der Waals surface area contributed by atoms with Crippen molar-refractivity contribution in [2.45, 2.75) is 13.3 Å². The van der Waals surface area contributed by atoms with Crippen LogP contribution < -0.4 is 11.1 Å². The first-order valence-electron chi connectivity index (χ1n) is 7.13. The molecule has 2 aromatic heterocycles. The predicted molar refractivity (Wildman–Crippen MR) is 95.0 cm³/mol. The molecular weight excluding hydrogens is 294 g/mol. The molecule has 5 nitrogen and oxygen atoms in total. The average molecular weight is 315 g/mol. The molecule has 116 valence electrons. The number of hydrogen-bond acceptors (Lipinski definition) is 4. The van der Waals surface area contributed by atoms with Gasteiger partial charge in [-0.05, 0) is 43.1 Å². The van der Waals surface area contributed by atoms with E-state index in [2.05, 4.69) is 28.4 Å². The van der Waals surface area contributed by atoms with Gasteiger partial charge in [-0.15, -0.1) is 5.10 Å². The van der Waals surface area contributed by atoms with E-state index >= 15 is 0 Å². The Morgan fingerprint density at radius 2 is 1.91 bits per heavy atom. The molecule has 0 fully saturated rings. The van der Waals surface area contributed by atoms with E-state index in [0.717, 1.165) is 23.4 Å². The van der Waals surface area contributed by atoms with Gasteiger partial charge in [0.15, 0.2) is 5.65 Å². The second-order valence-corrected chi connectivity index (χ2v) is 5.26. The fraction of sp³-hybridized carbons (Fsp3) is 0.250. The highest BCUT2D eigenvalue weighted by atomic mass is 32.1. The van der Waals surface area contributed by atoms with Crippen molar-refractivity contribution in [2.24, 2.45) is 11.7 Å². The zero-order valence-corrected chi connectivity index (χ0v) is 13.5. The summed E-state index contributed by atoms with van der Waals surface area (Å²) in [6.07, 6.45) is 0.891. The molecule has 0 aliphatic carbocycles. The van der Waals surface area contributed by atoms with Gasteiger partial charge in [0.05, 0.1) is 0 Å². The third kappa shape index (κ3) is 3.58. The van der Waals surface area contributed by atoms with E-state index in [0.29, 0.717) is 18.4 Å². The van der Waals surface area contributed by atoms with Gasteiger partial charge in [-0.2, -0.15) is 18.5 Å². The number of rotatable bonds is 5. The summed E-state index contributed by atoms with van der Waals surface area (Å²) in [5.41, 5.74) is 8.66. The van der Waals surface area contributed by atoms with E-state index in [-0.39, 0.29) is 13.5 Å². The Kier molecular flexibility index (Phi) is 5.41. The summed E-state index contributed by atoms with van der Waals surface area (Å²) < 4.78 is 1.89. The molecule has 0 saturated heterocycles. The third-order valence-electron chi connectivity index (χ3n) is 3.43. The summed E-state index contributed by atoms with van der Waals surface area (Å²) in [4.78, 5) is 4.51. The number of pyridine rings is 1. The SMILES string of the molecule is C[C@H](CN)Cc1cccc2nc(Nc3ccccc3)nn12.S. The lowest BCUT2D eigenvalue weighted by molar-refractivity contribution is 0.575. The minimum atomic E-state index is 0. The molecule has 0 amide bonds. The third-order valence-corrected chi connectivity index (χ3v) is 3.43. The number of nitrogens with one attached hydrogen (secondary N) is 1. The maximum atomic E-state index is 5.71. The average Bonchev–Trinajstić information content (AvgIpc) is 2.91. The van der Waals surface area contributed by atoms with Crippen LogP contribution in [-0.4, -0.2) is 21.1 Å². The van der Waals surface area contributed by atoms with Gasteiger partial charge in [-0.1, -0.05) is 31.2 Å². The van der Waals surface area contributed by atoms with E-state index in [1.54, 1.807) is 0 Å². The quantitative estimate of drug-likeness (QED) is 0.759. The molecule has 0 spiro atoms. The van der Waals surface area contributed by atoms with Crippen LogP contribution in [-0.2, 0) is 6.42 Å². The van der Waals surface area contributed by atoms with E-state index < -0.39 is 0 Å². The second kappa shape index (κ2) is 7.29. The van der Waals surface area contributed by atoms with Crippen molar-refractivity contribution in [1.82, 2.24) is 14.6 Å². The fourth-order valence-corrected chi connectivity index (χ4v) is 2.26. The molecule has 3 rings (SSSR count). The number of nitrogens with two attached hydrogens (primary N) is 1. The van der Waals surface area contributed by atoms with Gasteiger partial charge in [0.2, 0.25) is 5.95 Å². The van der Waals surface area contributed by atoms with Crippen molar-refractivity contribution >= 4 is 30.8 Å². The lowest BCUT2D eigenvalue weighted by Crippen LogP contribution is -2.15. The number of para-hydroxylation sites is 1. The van der Waals surface area contributed by atoms with Crippen molar-refractivity contribution in [3.8, 4) is 0 Å². The number of aromatic nitrogens is 3. The maximum Gasteiger partial charge on any atom is 0.247 e. The number of hydrogen-bond donors (Lipinski definition) is 2. The summed E-state index contributed by atoms with van der Waals surface area (Å²) in [6.45, 7) is 2.80. The molecule has 6 heteroatoms. The maximum absolute atomic E-state index is 5.71. The van der Waals surface area contributed by atoms with Gasteiger partial charge in [0, 0.05) is 11.4 Å². The Balaban J connectivity index is 0.00000176. The van der Waals surface area contributed by atoms with Crippen molar-refractivity contribution < 1.29 is 0 Å². The fourth-order valence-electron chi connectivity index (χ4n) is 2.26. The van der Waals surface area contributed by atoms with E-state index in [9.17, 15) is 0 Å². The molecule has 3 aromatic rings. The molecule has 1 aromatic carbocycles. The van der Waals surface area contributed by atoms with Gasteiger partial charge < -0.3 is 11.1 Å².